The Morgan fingerprint density at radius 2 is 1.30 bits per heavy atom. The van der Waals surface area contributed by atoms with Crippen molar-refractivity contribution in [2.45, 2.75) is 0 Å². The summed E-state index contributed by atoms with van der Waals surface area (Å²) in [7, 11) is 1.10. The van der Waals surface area contributed by atoms with Gasteiger partial charge in [0, 0.05) is 0 Å². The number of ether oxygens (including phenoxy) is 1. The highest BCUT2D eigenvalue weighted by atomic mass is 79.9. The second-order valence-electron chi connectivity index (χ2n) is 4.69. The van der Waals surface area contributed by atoms with Crippen molar-refractivity contribution in [3.63, 3.8) is 0 Å². The molecule has 0 spiro atoms. The number of hydrogen-bond acceptors (Lipinski definition) is 5. The zero-order valence-electron chi connectivity index (χ0n) is 13.2. The number of carboxylic acids is 1. The molecule has 0 saturated carbocycles. The smallest absolute Gasteiger partial charge is 0.340 e. The Hall–Kier alpha value is -2.34. The predicted molar refractivity (Wildman–Crippen MR) is 95.2 cm³/mol. The van der Waals surface area contributed by atoms with Gasteiger partial charge >= 0.3 is 11.9 Å². The summed E-state index contributed by atoms with van der Waals surface area (Å²) >= 11 is 5.24. The van der Waals surface area contributed by atoms with Gasteiger partial charge in [-0.25, -0.2) is 27.2 Å². The number of methoxy groups -OCH3 is 1. The lowest BCUT2D eigenvalue weighted by molar-refractivity contribution is 0.0600. The summed E-state index contributed by atoms with van der Waals surface area (Å²) in [4.78, 5) is 21.4. The van der Waals surface area contributed by atoms with Gasteiger partial charge in [-0.2, -0.15) is 0 Å². The van der Waals surface area contributed by atoms with E-state index in [2.05, 4.69) is 36.6 Å². The molecule has 0 atom stereocenters. The fourth-order valence-corrected chi connectivity index (χ4v) is 2.33. The van der Waals surface area contributed by atoms with E-state index in [9.17, 15) is 27.2 Å². The number of halogens is 6. The molecule has 0 unspecified atom stereocenters. The van der Waals surface area contributed by atoms with Gasteiger partial charge in [-0.3, -0.25) is 0 Å². The van der Waals surface area contributed by atoms with E-state index >= 15 is 0 Å². The zero-order valence-corrected chi connectivity index (χ0v) is 16.4. The average Bonchev–Trinajstić information content (AvgIpc) is 2.63. The first-order chi connectivity index (χ1) is 12.4. The first-order valence-electron chi connectivity index (χ1n) is 6.61. The molecule has 0 fully saturated rings. The van der Waals surface area contributed by atoms with E-state index in [-0.39, 0.29) is 5.56 Å². The maximum absolute atomic E-state index is 13.1. The molecule has 27 heavy (non-hydrogen) atoms. The molecule has 0 aliphatic carbocycles. The molecule has 2 aromatic carbocycles. The van der Waals surface area contributed by atoms with Gasteiger partial charge in [-0.15, -0.1) is 0 Å². The molecule has 6 nitrogen and oxygen atoms in total. The lowest BCUT2D eigenvalue weighted by atomic mass is 10.1. The maximum Gasteiger partial charge on any atom is 0.340 e. The Morgan fingerprint density at radius 1 is 0.926 bits per heavy atom. The minimum Gasteiger partial charge on any atom is -0.478 e. The van der Waals surface area contributed by atoms with Gasteiger partial charge in [0.25, 0.3) is 0 Å². The molecular formula is C15H10Br2F4N2O4. The first kappa shape index (κ1) is 22.7. The average molecular weight is 518 g/mol. The molecular weight excluding hydrogens is 508 g/mol. The molecule has 146 valence electrons. The van der Waals surface area contributed by atoms with Crippen LogP contribution in [0.4, 0.5) is 28.9 Å². The highest BCUT2D eigenvalue weighted by Gasteiger charge is 2.20. The highest BCUT2D eigenvalue weighted by Crippen LogP contribution is 2.28. The molecule has 0 radical (unpaired) electrons. The number of nitrogens with two attached hydrogens (primary N) is 2. The Kier molecular flexibility index (Phi) is 7.60. The summed E-state index contributed by atoms with van der Waals surface area (Å²) in [5, 5.41) is 8.48. The molecule has 5 N–H and O–H groups in total. The van der Waals surface area contributed by atoms with Gasteiger partial charge in [0.15, 0.2) is 11.6 Å². The van der Waals surface area contributed by atoms with Crippen LogP contribution >= 0.6 is 31.9 Å². The monoisotopic (exact) mass is 516 g/mol. The van der Waals surface area contributed by atoms with E-state index < -0.39 is 61.1 Å². The van der Waals surface area contributed by atoms with Gasteiger partial charge in [0.2, 0.25) is 0 Å². The van der Waals surface area contributed by atoms with Crippen LogP contribution in [0, 0.1) is 23.3 Å². The number of hydrogen-bond donors (Lipinski definition) is 3. The third-order valence-corrected chi connectivity index (χ3v) is 4.49. The molecule has 0 saturated heterocycles. The number of carboxylic acid groups (broad SMARTS) is 1. The topological polar surface area (TPSA) is 116 Å². The SMILES string of the molecule is COC(=O)c1cc(F)c(Br)c(F)c1N.Nc1c(C(=O)O)cc(F)c(Br)c1F. The lowest BCUT2D eigenvalue weighted by Gasteiger charge is -2.06. The molecule has 0 aromatic heterocycles. The van der Waals surface area contributed by atoms with E-state index in [1.807, 2.05) is 0 Å². The fraction of sp³-hybridized carbons (Fsp3) is 0.0667. The van der Waals surface area contributed by atoms with Crippen LogP contribution < -0.4 is 11.5 Å². The van der Waals surface area contributed by atoms with Crippen molar-refractivity contribution >= 4 is 55.2 Å². The third-order valence-electron chi connectivity index (χ3n) is 3.04. The molecule has 0 heterocycles. The van der Waals surface area contributed by atoms with Crippen molar-refractivity contribution < 1.29 is 37.0 Å². The van der Waals surface area contributed by atoms with Crippen LogP contribution in [0.15, 0.2) is 21.1 Å². The van der Waals surface area contributed by atoms with Crippen molar-refractivity contribution in [3.05, 3.63) is 55.5 Å². The Bertz CT molecular complexity index is 926. The number of esters is 1. The molecule has 0 amide bonds. The van der Waals surface area contributed by atoms with Gasteiger partial charge < -0.3 is 21.3 Å². The first-order valence-corrected chi connectivity index (χ1v) is 8.20. The summed E-state index contributed by atoms with van der Waals surface area (Å²) in [6, 6.07) is 1.47. The molecule has 0 aliphatic rings. The standard InChI is InChI=1S/C8H6BrF2NO2.C7H4BrF2NO2/c1-14-8(13)3-2-4(10)5(9)6(11)7(3)12;8-4-3(9)1-2(7(12)13)6(11)5(4)10/h2H,12H2,1H3;1H,11H2,(H,12,13). The number of benzene rings is 2. The zero-order chi connectivity index (χ0) is 21.0. The maximum atomic E-state index is 13.1. The Balaban J connectivity index is 0.000000271. The van der Waals surface area contributed by atoms with Crippen LogP contribution in [0.5, 0.6) is 0 Å². The number of rotatable bonds is 2. The molecule has 2 rings (SSSR count). The van der Waals surface area contributed by atoms with Crippen LogP contribution in [0.25, 0.3) is 0 Å². The number of anilines is 2. The van der Waals surface area contributed by atoms with Crippen LogP contribution in [0.1, 0.15) is 20.7 Å². The van der Waals surface area contributed by atoms with Crippen molar-refractivity contribution in [2.75, 3.05) is 18.6 Å². The van der Waals surface area contributed by atoms with E-state index in [1.54, 1.807) is 0 Å². The van der Waals surface area contributed by atoms with Crippen LogP contribution in [-0.4, -0.2) is 24.2 Å². The Morgan fingerprint density at radius 3 is 1.67 bits per heavy atom. The second kappa shape index (κ2) is 9.04. The highest BCUT2D eigenvalue weighted by molar-refractivity contribution is 9.10. The third kappa shape index (κ3) is 4.89. The van der Waals surface area contributed by atoms with Gasteiger partial charge in [0.1, 0.15) is 11.6 Å². The lowest BCUT2D eigenvalue weighted by Crippen LogP contribution is -2.08. The summed E-state index contributed by atoms with van der Waals surface area (Å²) in [6.45, 7) is 0. The largest absolute Gasteiger partial charge is 0.478 e. The summed E-state index contributed by atoms with van der Waals surface area (Å²) in [5.41, 5.74) is 8.42. The van der Waals surface area contributed by atoms with E-state index in [4.69, 9.17) is 16.6 Å². The van der Waals surface area contributed by atoms with E-state index in [1.165, 1.54) is 0 Å². The van der Waals surface area contributed by atoms with E-state index in [0.29, 0.717) is 6.07 Å². The van der Waals surface area contributed by atoms with Crippen LogP contribution in [0.3, 0.4) is 0 Å². The Labute approximate surface area is 166 Å². The van der Waals surface area contributed by atoms with Crippen LogP contribution in [-0.2, 0) is 4.74 Å². The molecule has 0 aliphatic heterocycles. The molecule has 0 bridgehead atoms. The molecule has 2 aromatic rings. The van der Waals surface area contributed by atoms with Gasteiger partial charge in [-0.05, 0) is 44.0 Å². The van der Waals surface area contributed by atoms with Crippen molar-refractivity contribution in [1.82, 2.24) is 0 Å². The second-order valence-corrected chi connectivity index (χ2v) is 6.28. The number of aromatic carboxylic acids is 1. The van der Waals surface area contributed by atoms with Crippen molar-refractivity contribution in [2.24, 2.45) is 0 Å². The van der Waals surface area contributed by atoms with Crippen LogP contribution in [0.2, 0.25) is 0 Å². The minimum absolute atomic E-state index is 0.328. The fourth-order valence-electron chi connectivity index (χ4n) is 1.67. The number of carbonyl (C=O) groups excluding carboxylic acids is 1. The van der Waals surface area contributed by atoms with Gasteiger partial charge in [-0.1, -0.05) is 0 Å². The summed E-state index contributed by atoms with van der Waals surface area (Å²) in [5.74, 6) is -6.36. The summed E-state index contributed by atoms with van der Waals surface area (Å²) in [6.07, 6.45) is 0. The van der Waals surface area contributed by atoms with E-state index in [0.717, 1.165) is 13.2 Å². The normalized spacial score (nSPS) is 10.0. The quantitative estimate of drug-likeness (QED) is 0.239. The van der Waals surface area contributed by atoms with Crippen molar-refractivity contribution in [3.8, 4) is 0 Å². The number of nitrogen functional groups attached to an aromatic ring is 2. The predicted octanol–water partition coefficient (Wildman–Crippen LogP) is 4.10. The minimum atomic E-state index is -1.47. The molecule has 12 heteroatoms. The van der Waals surface area contributed by atoms with Gasteiger partial charge in [0.05, 0.1) is 38.6 Å². The summed E-state index contributed by atoms with van der Waals surface area (Å²) < 4.78 is 55.2. The number of carbonyl (C=O) groups is 2. The van der Waals surface area contributed by atoms with Crippen molar-refractivity contribution in [1.29, 1.82) is 0 Å².